The van der Waals surface area contributed by atoms with Gasteiger partial charge < -0.3 is 5.73 Å². The van der Waals surface area contributed by atoms with E-state index >= 15 is 0 Å². The molecule has 3 heteroatoms. The van der Waals surface area contributed by atoms with Crippen molar-refractivity contribution in [3.8, 4) is 0 Å². The van der Waals surface area contributed by atoms with Crippen LogP contribution in [0.4, 0.5) is 0 Å². The third-order valence-electron chi connectivity index (χ3n) is 3.40. The van der Waals surface area contributed by atoms with Crippen molar-refractivity contribution in [2.75, 3.05) is 0 Å². The summed E-state index contributed by atoms with van der Waals surface area (Å²) in [5.41, 5.74) is 7.60. The first-order chi connectivity index (χ1) is 7.18. The molecular weight excluding hydrogens is 186 g/mol. The van der Waals surface area contributed by atoms with Gasteiger partial charge in [0.15, 0.2) is 0 Å². The largest absolute Gasteiger partial charge is 0.325 e. The summed E-state index contributed by atoms with van der Waals surface area (Å²) in [6, 6.07) is 2.08. The number of rotatable bonds is 2. The third-order valence-corrected chi connectivity index (χ3v) is 3.40. The highest BCUT2D eigenvalue weighted by Gasteiger charge is 2.27. The highest BCUT2D eigenvalue weighted by molar-refractivity contribution is 5.05. The molecule has 2 rings (SSSR count). The number of aryl methyl sites for hydroxylation is 1. The topological polar surface area (TPSA) is 43.8 Å². The van der Waals surface area contributed by atoms with Crippen molar-refractivity contribution in [1.29, 1.82) is 0 Å². The quantitative estimate of drug-likeness (QED) is 0.754. The van der Waals surface area contributed by atoms with E-state index in [9.17, 15) is 0 Å². The van der Waals surface area contributed by atoms with Gasteiger partial charge in [-0.3, -0.25) is 4.68 Å². The van der Waals surface area contributed by atoms with Crippen molar-refractivity contribution in [3.05, 3.63) is 18.0 Å². The van der Waals surface area contributed by atoms with Crippen LogP contribution in [0.25, 0.3) is 0 Å². The summed E-state index contributed by atoms with van der Waals surface area (Å²) in [5, 5.41) is 4.42. The number of aromatic nitrogens is 2. The molecule has 1 aliphatic rings. The van der Waals surface area contributed by atoms with Crippen LogP contribution in [0, 0.1) is 0 Å². The molecule has 0 spiro atoms. The molecule has 0 radical (unpaired) electrons. The fourth-order valence-corrected chi connectivity index (χ4v) is 2.53. The summed E-state index contributed by atoms with van der Waals surface area (Å²) in [7, 11) is 1.96. The molecule has 0 unspecified atom stereocenters. The smallest absolute Gasteiger partial charge is 0.0642 e. The molecule has 0 amide bonds. The molecule has 84 valence electrons. The molecule has 0 saturated heterocycles. The van der Waals surface area contributed by atoms with E-state index < -0.39 is 0 Å². The Hall–Kier alpha value is -0.830. The molecule has 0 bridgehead atoms. The maximum atomic E-state index is 6.45. The minimum Gasteiger partial charge on any atom is -0.325 e. The molecule has 1 fully saturated rings. The van der Waals surface area contributed by atoms with Gasteiger partial charge in [-0.15, -0.1) is 0 Å². The monoisotopic (exact) mass is 207 g/mol. The Morgan fingerprint density at radius 3 is 2.53 bits per heavy atom. The lowest BCUT2D eigenvalue weighted by Crippen LogP contribution is -2.41. The number of nitrogens with zero attached hydrogens (tertiary/aromatic N) is 2. The van der Waals surface area contributed by atoms with Crippen molar-refractivity contribution < 1.29 is 0 Å². The van der Waals surface area contributed by atoms with Crippen molar-refractivity contribution in [3.63, 3.8) is 0 Å². The van der Waals surface area contributed by atoms with Crippen LogP contribution < -0.4 is 5.73 Å². The van der Waals surface area contributed by atoms with Crippen LogP contribution in [-0.2, 0) is 13.5 Å². The Balaban J connectivity index is 2.02. The molecule has 1 aromatic heterocycles. The lowest BCUT2D eigenvalue weighted by atomic mass is 9.87. The molecule has 15 heavy (non-hydrogen) atoms. The first-order valence-electron chi connectivity index (χ1n) is 5.95. The van der Waals surface area contributed by atoms with Gasteiger partial charge in [-0.05, 0) is 18.9 Å². The van der Waals surface area contributed by atoms with Crippen molar-refractivity contribution in [2.24, 2.45) is 12.8 Å². The Labute approximate surface area is 91.7 Å². The van der Waals surface area contributed by atoms with E-state index in [-0.39, 0.29) is 5.54 Å². The van der Waals surface area contributed by atoms with Gasteiger partial charge in [0.2, 0.25) is 0 Å². The predicted molar refractivity (Wildman–Crippen MR) is 61.5 cm³/mol. The average molecular weight is 207 g/mol. The predicted octanol–water partition coefficient (Wildman–Crippen LogP) is 2.01. The highest BCUT2D eigenvalue weighted by atomic mass is 15.2. The van der Waals surface area contributed by atoms with E-state index in [4.69, 9.17) is 5.73 Å². The second-order valence-corrected chi connectivity index (χ2v) is 4.93. The standard InChI is InChI=1S/C12H21N3/c1-15-9-6-11(14-15)10-12(13)7-4-2-3-5-8-12/h6,9H,2-5,7-8,10,13H2,1H3. The Morgan fingerprint density at radius 1 is 1.33 bits per heavy atom. The first kappa shape index (κ1) is 10.7. The molecule has 1 aromatic rings. The summed E-state index contributed by atoms with van der Waals surface area (Å²) in [5.74, 6) is 0. The first-order valence-corrected chi connectivity index (χ1v) is 5.95. The van der Waals surface area contributed by atoms with Crippen LogP contribution in [0.15, 0.2) is 12.3 Å². The second-order valence-electron chi connectivity index (χ2n) is 4.93. The zero-order chi connectivity index (χ0) is 10.7. The third kappa shape index (κ3) is 2.81. The van der Waals surface area contributed by atoms with Gasteiger partial charge in [-0.1, -0.05) is 25.7 Å². The van der Waals surface area contributed by atoms with Crippen LogP contribution in [0.3, 0.4) is 0 Å². The molecule has 1 aliphatic carbocycles. The van der Waals surface area contributed by atoms with Gasteiger partial charge in [0, 0.05) is 25.2 Å². The van der Waals surface area contributed by atoms with Crippen LogP contribution >= 0.6 is 0 Å². The molecule has 1 saturated carbocycles. The van der Waals surface area contributed by atoms with E-state index in [0.717, 1.165) is 25.0 Å². The Morgan fingerprint density at radius 2 is 2.00 bits per heavy atom. The SMILES string of the molecule is Cn1ccc(CC2(N)CCCCCC2)n1. The van der Waals surface area contributed by atoms with Gasteiger partial charge in [0.25, 0.3) is 0 Å². The summed E-state index contributed by atoms with van der Waals surface area (Å²) in [4.78, 5) is 0. The fraction of sp³-hybridized carbons (Fsp3) is 0.750. The molecule has 1 heterocycles. The zero-order valence-electron chi connectivity index (χ0n) is 9.58. The minimum absolute atomic E-state index is 0.00481. The van der Waals surface area contributed by atoms with Crippen molar-refractivity contribution in [1.82, 2.24) is 9.78 Å². The fourth-order valence-electron chi connectivity index (χ4n) is 2.53. The van der Waals surface area contributed by atoms with E-state index in [1.54, 1.807) is 0 Å². The maximum Gasteiger partial charge on any atom is 0.0642 e. The lowest BCUT2D eigenvalue weighted by Gasteiger charge is -2.27. The summed E-state index contributed by atoms with van der Waals surface area (Å²) in [6.45, 7) is 0. The van der Waals surface area contributed by atoms with E-state index in [0.29, 0.717) is 0 Å². The lowest BCUT2D eigenvalue weighted by molar-refractivity contribution is 0.365. The summed E-state index contributed by atoms with van der Waals surface area (Å²) in [6.07, 6.45) is 10.5. The van der Waals surface area contributed by atoms with Crippen LogP contribution in [0.1, 0.15) is 44.2 Å². The van der Waals surface area contributed by atoms with Crippen molar-refractivity contribution in [2.45, 2.75) is 50.5 Å². The van der Waals surface area contributed by atoms with Crippen LogP contribution in [-0.4, -0.2) is 15.3 Å². The minimum atomic E-state index is 0.00481. The molecule has 2 N–H and O–H groups in total. The molecular formula is C12H21N3. The normalized spacial score (nSPS) is 21.2. The average Bonchev–Trinajstić information content (AvgIpc) is 2.46. The van der Waals surface area contributed by atoms with Crippen LogP contribution in [0.2, 0.25) is 0 Å². The van der Waals surface area contributed by atoms with Gasteiger partial charge in [-0.25, -0.2) is 0 Å². The van der Waals surface area contributed by atoms with E-state index in [2.05, 4.69) is 11.2 Å². The van der Waals surface area contributed by atoms with E-state index in [1.165, 1.54) is 25.7 Å². The molecule has 3 nitrogen and oxygen atoms in total. The maximum absolute atomic E-state index is 6.45. The summed E-state index contributed by atoms with van der Waals surface area (Å²) >= 11 is 0. The van der Waals surface area contributed by atoms with Gasteiger partial charge in [0.05, 0.1) is 5.69 Å². The number of nitrogens with two attached hydrogens (primary N) is 1. The van der Waals surface area contributed by atoms with Crippen molar-refractivity contribution >= 4 is 0 Å². The second kappa shape index (κ2) is 4.35. The van der Waals surface area contributed by atoms with Gasteiger partial charge in [0.1, 0.15) is 0 Å². The van der Waals surface area contributed by atoms with Crippen LogP contribution in [0.5, 0.6) is 0 Å². The zero-order valence-corrected chi connectivity index (χ0v) is 9.58. The van der Waals surface area contributed by atoms with Gasteiger partial charge in [-0.2, -0.15) is 5.10 Å². The number of hydrogen-bond acceptors (Lipinski definition) is 2. The molecule has 0 aliphatic heterocycles. The molecule has 0 atom stereocenters. The van der Waals surface area contributed by atoms with E-state index in [1.807, 2.05) is 17.9 Å². The highest BCUT2D eigenvalue weighted by Crippen LogP contribution is 2.27. The van der Waals surface area contributed by atoms with Gasteiger partial charge >= 0.3 is 0 Å². The summed E-state index contributed by atoms with van der Waals surface area (Å²) < 4.78 is 1.86. The number of hydrogen-bond donors (Lipinski definition) is 1. The Bertz CT molecular complexity index is 308. The molecule has 0 aromatic carbocycles. The Kier molecular flexibility index (Phi) is 3.10.